The molecule has 2 aromatic rings. The van der Waals surface area contributed by atoms with E-state index in [1.807, 2.05) is 12.1 Å². The lowest BCUT2D eigenvalue weighted by Gasteiger charge is -2.26. The van der Waals surface area contributed by atoms with E-state index < -0.39 is 0 Å². The molecule has 0 saturated carbocycles. The first-order chi connectivity index (χ1) is 10.3. The van der Waals surface area contributed by atoms with Crippen LogP contribution in [0, 0.1) is 0 Å². The molecule has 3 rings (SSSR count). The van der Waals surface area contributed by atoms with E-state index in [0.29, 0.717) is 18.9 Å². The number of nitrogens with one attached hydrogen (secondary N) is 1. The minimum absolute atomic E-state index is 0.0732. The number of amides is 1. The third-order valence-electron chi connectivity index (χ3n) is 3.50. The second-order valence-electron chi connectivity index (χ2n) is 4.90. The van der Waals surface area contributed by atoms with Gasteiger partial charge in [0.25, 0.3) is 0 Å². The Hall–Kier alpha value is -2.33. The number of rotatable bonds is 4. The Labute approximate surface area is 123 Å². The molecule has 4 heteroatoms. The van der Waals surface area contributed by atoms with Gasteiger partial charge in [0.15, 0.2) is 0 Å². The molecule has 1 aromatic heterocycles. The SMILES string of the molecule is O=C(/C=C/c1ccco1)NC[C@@H]1OCCc2ccccc21. The lowest BCUT2D eigenvalue weighted by atomic mass is 9.97. The highest BCUT2D eigenvalue weighted by molar-refractivity contribution is 5.91. The molecule has 0 aliphatic carbocycles. The van der Waals surface area contributed by atoms with Crippen LogP contribution in [0.5, 0.6) is 0 Å². The van der Waals surface area contributed by atoms with Crippen molar-refractivity contribution in [2.45, 2.75) is 12.5 Å². The maximum Gasteiger partial charge on any atom is 0.244 e. The third kappa shape index (κ3) is 3.41. The highest BCUT2D eigenvalue weighted by Crippen LogP contribution is 2.26. The molecular formula is C17H17NO3. The van der Waals surface area contributed by atoms with Crippen molar-refractivity contribution in [1.82, 2.24) is 5.32 Å². The molecule has 108 valence electrons. The van der Waals surface area contributed by atoms with E-state index in [-0.39, 0.29) is 12.0 Å². The van der Waals surface area contributed by atoms with Crippen molar-refractivity contribution in [2.24, 2.45) is 0 Å². The summed E-state index contributed by atoms with van der Waals surface area (Å²) in [4.78, 5) is 11.8. The molecule has 1 N–H and O–H groups in total. The topological polar surface area (TPSA) is 51.5 Å². The summed E-state index contributed by atoms with van der Waals surface area (Å²) in [7, 11) is 0. The van der Waals surface area contributed by atoms with Crippen LogP contribution in [0.15, 0.2) is 53.2 Å². The zero-order chi connectivity index (χ0) is 14.5. The molecule has 0 radical (unpaired) electrons. The predicted molar refractivity (Wildman–Crippen MR) is 79.6 cm³/mol. The number of carbonyl (C=O) groups excluding carboxylic acids is 1. The summed E-state index contributed by atoms with van der Waals surface area (Å²) in [6.45, 7) is 1.16. The molecule has 2 heterocycles. The molecule has 0 fully saturated rings. The van der Waals surface area contributed by atoms with E-state index in [9.17, 15) is 4.79 Å². The number of ether oxygens (including phenoxy) is 1. The lowest BCUT2D eigenvalue weighted by Crippen LogP contribution is -2.30. The zero-order valence-corrected chi connectivity index (χ0v) is 11.6. The van der Waals surface area contributed by atoms with Crippen molar-refractivity contribution < 1.29 is 13.9 Å². The van der Waals surface area contributed by atoms with Gasteiger partial charge in [0.2, 0.25) is 5.91 Å². The molecule has 1 aliphatic heterocycles. The van der Waals surface area contributed by atoms with Crippen LogP contribution in [-0.2, 0) is 16.0 Å². The Balaban J connectivity index is 1.57. The van der Waals surface area contributed by atoms with Crippen LogP contribution in [-0.4, -0.2) is 19.1 Å². The average Bonchev–Trinajstić information content (AvgIpc) is 3.04. The fraction of sp³-hybridized carbons (Fsp3) is 0.235. The second kappa shape index (κ2) is 6.41. The van der Waals surface area contributed by atoms with Crippen LogP contribution in [0.25, 0.3) is 6.08 Å². The van der Waals surface area contributed by atoms with Crippen molar-refractivity contribution in [2.75, 3.05) is 13.2 Å². The number of furan rings is 1. The Bertz CT molecular complexity index is 631. The molecule has 1 aromatic carbocycles. The van der Waals surface area contributed by atoms with Gasteiger partial charge < -0.3 is 14.5 Å². The lowest BCUT2D eigenvalue weighted by molar-refractivity contribution is -0.117. The summed E-state index contributed by atoms with van der Waals surface area (Å²) < 4.78 is 10.9. The first kappa shape index (κ1) is 13.6. The maximum atomic E-state index is 11.8. The maximum absolute atomic E-state index is 11.8. The van der Waals surface area contributed by atoms with E-state index in [1.54, 1.807) is 24.5 Å². The summed E-state index contributed by atoms with van der Waals surface area (Å²) in [5.74, 6) is 0.502. The van der Waals surface area contributed by atoms with Gasteiger partial charge in [0.1, 0.15) is 11.9 Å². The van der Waals surface area contributed by atoms with Gasteiger partial charge in [-0.25, -0.2) is 0 Å². The van der Waals surface area contributed by atoms with E-state index in [4.69, 9.17) is 9.15 Å². The molecular weight excluding hydrogens is 266 g/mol. The monoisotopic (exact) mass is 283 g/mol. The van der Waals surface area contributed by atoms with Crippen molar-refractivity contribution >= 4 is 12.0 Å². The van der Waals surface area contributed by atoms with Crippen LogP contribution in [0.4, 0.5) is 0 Å². The molecule has 0 spiro atoms. The van der Waals surface area contributed by atoms with Crippen LogP contribution in [0.2, 0.25) is 0 Å². The molecule has 0 saturated heterocycles. The van der Waals surface area contributed by atoms with Crippen LogP contribution in [0.3, 0.4) is 0 Å². The third-order valence-corrected chi connectivity index (χ3v) is 3.50. The number of carbonyl (C=O) groups is 1. The largest absolute Gasteiger partial charge is 0.465 e. The van der Waals surface area contributed by atoms with Gasteiger partial charge >= 0.3 is 0 Å². The Morgan fingerprint density at radius 2 is 2.19 bits per heavy atom. The first-order valence-corrected chi connectivity index (χ1v) is 7.02. The van der Waals surface area contributed by atoms with Crippen molar-refractivity contribution in [3.05, 3.63) is 65.6 Å². The van der Waals surface area contributed by atoms with Crippen LogP contribution >= 0.6 is 0 Å². The molecule has 21 heavy (non-hydrogen) atoms. The normalized spacial score (nSPS) is 17.6. The second-order valence-corrected chi connectivity index (χ2v) is 4.90. The fourth-order valence-electron chi connectivity index (χ4n) is 2.44. The summed E-state index contributed by atoms with van der Waals surface area (Å²) in [6, 6.07) is 11.8. The van der Waals surface area contributed by atoms with Crippen molar-refractivity contribution in [3.8, 4) is 0 Å². The van der Waals surface area contributed by atoms with Gasteiger partial charge in [0.05, 0.1) is 12.9 Å². The summed E-state index contributed by atoms with van der Waals surface area (Å²) >= 11 is 0. The predicted octanol–water partition coefficient (Wildman–Crippen LogP) is 2.72. The Kier molecular flexibility index (Phi) is 4.17. The summed E-state index contributed by atoms with van der Waals surface area (Å²) in [5.41, 5.74) is 2.47. The van der Waals surface area contributed by atoms with Gasteiger partial charge in [-0.3, -0.25) is 4.79 Å². The number of benzene rings is 1. The van der Waals surface area contributed by atoms with E-state index in [0.717, 1.165) is 6.42 Å². The summed E-state index contributed by atoms with van der Waals surface area (Å²) in [6.07, 6.45) is 5.54. The molecule has 1 amide bonds. The van der Waals surface area contributed by atoms with E-state index in [2.05, 4.69) is 17.4 Å². The van der Waals surface area contributed by atoms with Gasteiger partial charge in [-0.1, -0.05) is 24.3 Å². The molecule has 1 aliphatic rings. The van der Waals surface area contributed by atoms with E-state index >= 15 is 0 Å². The van der Waals surface area contributed by atoms with Crippen molar-refractivity contribution in [1.29, 1.82) is 0 Å². The van der Waals surface area contributed by atoms with E-state index in [1.165, 1.54) is 17.2 Å². The molecule has 1 atom stereocenters. The number of hydrogen-bond donors (Lipinski definition) is 1. The minimum Gasteiger partial charge on any atom is -0.465 e. The first-order valence-electron chi connectivity index (χ1n) is 7.02. The Morgan fingerprint density at radius 3 is 3.05 bits per heavy atom. The van der Waals surface area contributed by atoms with Crippen LogP contribution in [0.1, 0.15) is 23.0 Å². The number of hydrogen-bond acceptors (Lipinski definition) is 3. The number of fused-ring (bicyclic) bond motifs is 1. The summed E-state index contributed by atoms with van der Waals surface area (Å²) in [5, 5.41) is 2.86. The van der Waals surface area contributed by atoms with Crippen LogP contribution < -0.4 is 5.32 Å². The molecule has 4 nitrogen and oxygen atoms in total. The van der Waals surface area contributed by atoms with Gasteiger partial charge in [-0.05, 0) is 35.8 Å². The average molecular weight is 283 g/mol. The Morgan fingerprint density at radius 1 is 1.29 bits per heavy atom. The smallest absolute Gasteiger partial charge is 0.244 e. The van der Waals surface area contributed by atoms with Gasteiger partial charge in [0, 0.05) is 12.6 Å². The molecule has 0 bridgehead atoms. The fourth-order valence-corrected chi connectivity index (χ4v) is 2.44. The highest BCUT2D eigenvalue weighted by Gasteiger charge is 2.20. The highest BCUT2D eigenvalue weighted by atomic mass is 16.5. The van der Waals surface area contributed by atoms with Gasteiger partial charge in [-0.15, -0.1) is 0 Å². The van der Waals surface area contributed by atoms with Gasteiger partial charge in [-0.2, -0.15) is 0 Å². The van der Waals surface area contributed by atoms with Crippen molar-refractivity contribution in [3.63, 3.8) is 0 Å². The minimum atomic E-state index is -0.155. The standard InChI is InChI=1S/C17H17NO3/c19-17(8-7-14-5-3-10-20-14)18-12-16-15-6-2-1-4-13(15)9-11-21-16/h1-8,10,16H,9,11-12H2,(H,18,19)/b8-7+/t16-/m0/s1. The quantitative estimate of drug-likeness (QED) is 0.878. The zero-order valence-electron chi connectivity index (χ0n) is 11.6. The molecule has 0 unspecified atom stereocenters.